The summed E-state index contributed by atoms with van der Waals surface area (Å²) in [7, 11) is 1.20. The molecule has 0 aromatic carbocycles. The van der Waals surface area contributed by atoms with Gasteiger partial charge in [0.1, 0.15) is 0 Å². The maximum absolute atomic E-state index is 2.31. The summed E-state index contributed by atoms with van der Waals surface area (Å²) in [6.07, 6.45) is 4.19. The largest absolute Gasteiger partial charge is 0.119 e. The van der Waals surface area contributed by atoms with E-state index in [1.807, 2.05) is 0 Å². The van der Waals surface area contributed by atoms with Crippen molar-refractivity contribution in [1.29, 1.82) is 0 Å². The summed E-state index contributed by atoms with van der Waals surface area (Å²) in [6.45, 7) is 9.24. The first-order valence-corrected chi connectivity index (χ1v) is 5.72. The van der Waals surface area contributed by atoms with Crippen LogP contribution in [0.25, 0.3) is 0 Å². The highest BCUT2D eigenvalue weighted by Crippen LogP contribution is 2.26. The zero-order valence-corrected chi connectivity index (χ0v) is 8.78. The first-order valence-electron chi connectivity index (χ1n) is 4.44. The third-order valence-corrected chi connectivity index (χ3v) is 4.25. The molecule has 1 heteroatoms. The molecular formula is C9H21P. The molecule has 0 aromatic rings. The van der Waals surface area contributed by atoms with Crippen LogP contribution in [-0.4, -0.2) is 11.8 Å². The number of hydrogen-bond donors (Lipinski definition) is 0. The Hall–Kier alpha value is 0.430. The first kappa shape index (κ1) is 10.4. The summed E-state index contributed by atoms with van der Waals surface area (Å²) in [5.74, 6) is 0.902. The molecule has 0 saturated carbocycles. The van der Waals surface area contributed by atoms with Gasteiger partial charge in [-0.3, -0.25) is 0 Å². The second-order valence-corrected chi connectivity index (χ2v) is 4.95. The zero-order valence-electron chi connectivity index (χ0n) is 7.78. The smallest absolute Gasteiger partial charge is 0.0242 e. The van der Waals surface area contributed by atoms with E-state index in [9.17, 15) is 0 Å². The van der Waals surface area contributed by atoms with Crippen LogP contribution in [0.15, 0.2) is 0 Å². The minimum absolute atomic E-state index is 0.902. The van der Waals surface area contributed by atoms with Gasteiger partial charge >= 0.3 is 0 Å². The predicted octanol–water partition coefficient (Wildman–Crippen LogP) is 3.51. The summed E-state index contributed by atoms with van der Waals surface area (Å²) in [4.78, 5) is 0. The van der Waals surface area contributed by atoms with Gasteiger partial charge < -0.3 is 0 Å². The Morgan fingerprint density at radius 2 is 1.60 bits per heavy atom. The fourth-order valence-electron chi connectivity index (χ4n) is 0.980. The van der Waals surface area contributed by atoms with E-state index in [4.69, 9.17) is 0 Å². The molecule has 0 nitrogen and oxygen atoms in total. The van der Waals surface area contributed by atoms with Crippen molar-refractivity contribution in [2.24, 2.45) is 5.92 Å². The molecule has 1 atom stereocenters. The van der Waals surface area contributed by atoms with Crippen molar-refractivity contribution >= 4 is 8.58 Å². The average molecular weight is 160 g/mol. The quantitative estimate of drug-likeness (QED) is 0.540. The van der Waals surface area contributed by atoms with Gasteiger partial charge in [0.15, 0.2) is 0 Å². The fraction of sp³-hybridized carbons (Fsp3) is 1.00. The molecule has 0 heterocycles. The van der Waals surface area contributed by atoms with E-state index in [0.717, 1.165) is 11.6 Å². The topological polar surface area (TPSA) is 0 Å². The van der Waals surface area contributed by atoms with Crippen molar-refractivity contribution in [2.75, 3.05) is 6.16 Å². The van der Waals surface area contributed by atoms with E-state index in [1.54, 1.807) is 0 Å². The van der Waals surface area contributed by atoms with Crippen molar-refractivity contribution in [1.82, 2.24) is 0 Å². The first-order chi connectivity index (χ1) is 4.70. The van der Waals surface area contributed by atoms with Crippen LogP contribution >= 0.6 is 8.58 Å². The van der Waals surface area contributed by atoms with Crippen LogP contribution < -0.4 is 0 Å². The molecule has 0 fully saturated rings. The third-order valence-electron chi connectivity index (χ3n) is 1.80. The van der Waals surface area contributed by atoms with E-state index in [2.05, 4.69) is 27.7 Å². The second kappa shape index (κ2) is 6.16. The van der Waals surface area contributed by atoms with Gasteiger partial charge in [0.2, 0.25) is 0 Å². The Morgan fingerprint density at radius 1 is 1.10 bits per heavy atom. The molecule has 0 N–H and O–H groups in total. The van der Waals surface area contributed by atoms with E-state index < -0.39 is 0 Å². The molecule has 0 amide bonds. The van der Waals surface area contributed by atoms with Crippen LogP contribution in [0.4, 0.5) is 0 Å². The molecule has 0 radical (unpaired) electrons. The van der Waals surface area contributed by atoms with Crippen molar-refractivity contribution in [3.05, 3.63) is 0 Å². The van der Waals surface area contributed by atoms with Gasteiger partial charge in [-0.05, 0) is 30.6 Å². The normalized spacial score (nSPS) is 12.6. The van der Waals surface area contributed by atoms with Crippen LogP contribution in [0.2, 0.25) is 0 Å². The maximum atomic E-state index is 2.31. The standard InChI is InChI=1S/C9H21P/c1-5-9(6-2)10-7-8(3)4/h8-10H,5-7H2,1-4H3. The zero-order chi connectivity index (χ0) is 7.98. The summed E-state index contributed by atoms with van der Waals surface area (Å²) in [5, 5.41) is 0. The van der Waals surface area contributed by atoms with Crippen LogP contribution in [0, 0.1) is 5.92 Å². The molecule has 0 saturated heterocycles. The molecule has 0 bridgehead atoms. The Bertz CT molecular complexity index is 65.1. The SMILES string of the molecule is CCC(CC)PCC(C)C. The molecule has 0 aliphatic carbocycles. The molecule has 1 unspecified atom stereocenters. The lowest BCUT2D eigenvalue weighted by Gasteiger charge is -2.13. The van der Waals surface area contributed by atoms with Gasteiger partial charge in [0.05, 0.1) is 0 Å². The van der Waals surface area contributed by atoms with Crippen molar-refractivity contribution in [2.45, 2.75) is 46.2 Å². The molecule has 0 aliphatic heterocycles. The molecule has 0 aromatic heterocycles. The number of rotatable bonds is 5. The minimum atomic E-state index is 0.902. The van der Waals surface area contributed by atoms with Crippen LogP contribution in [0.3, 0.4) is 0 Å². The predicted molar refractivity (Wildman–Crippen MR) is 52.4 cm³/mol. The maximum Gasteiger partial charge on any atom is -0.0242 e. The lowest BCUT2D eigenvalue weighted by Crippen LogP contribution is -1.99. The Morgan fingerprint density at radius 3 is 1.90 bits per heavy atom. The summed E-state index contributed by atoms with van der Waals surface area (Å²) >= 11 is 0. The van der Waals surface area contributed by atoms with Crippen LogP contribution in [0.1, 0.15) is 40.5 Å². The summed E-state index contributed by atoms with van der Waals surface area (Å²) < 4.78 is 0. The Kier molecular flexibility index (Phi) is 6.43. The Balaban J connectivity index is 3.26. The average Bonchev–Trinajstić information content (AvgIpc) is 1.90. The molecule has 62 valence electrons. The highest BCUT2D eigenvalue weighted by Gasteiger charge is 2.03. The highest BCUT2D eigenvalue weighted by molar-refractivity contribution is 7.38. The van der Waals surface area contributed by atoms with E-state index >= 15 is 0 Å². The van der Waals surface area contributed by atoms with Crippen molar-refractivity contribution in [3.63, 3.8) is 0 Å². The molecular weight excluding hydrogens is 139 g/mol. The fourth-order valence-corrected chi connectivity index (χ4v) is 2.36. The molecule has 0 rings (SSSR count). The van der Waals surface area contributed by atoms with Gasteiger partial charge in [-0.2, -0.15) is 0 Å². The number of hydrogen-bond acceptors (Lipinski definition) is 0. The Labute approximate surface area is 67.6 Å². The lowest BCUT2D eigenvalue weighted by atomic mass is 10.3. The van der Waals surface area contributed by atoms with Gasteiger partial charge in [0, 0.05) is 0 Å². The van der Waals surface area contributed by atoms with Crippen LogP contribution in [0.5, 0.6) is 0 Å². The second-order valence-electron chi connectivity index (χ2n) is 3.32. The van der Waals surface area contributed by atoms with Gasteiger partial charge in [-0.25, -0.2) is 0 Å². The van der Waals surface area contributed by atoms with E-state index in [1.165, 1.54) is 27.6 Å². The monoisotopic (exact) mass is 160 g/mol. The third kappa shape index (κ3) is 5.23. The minimum Gasteiger partial charge on any atom is -0.119 e. The highest BCUT2D eigenvalue weighted by atomic mass is 31.1. The molecule has 10 heavy (non-hydrogen) atoms. The lowest BCUT2D eigenvalue weighted by molar-refractivity contribution is 0.729. The van der Waals surface area contributed by atoms with Crippen molar-refractivity contribution < 1.29 is 0 Å². The summed E-state index contributed by atoms with van der Waals surface area (Å²) in [5.41, 5.74) is 1.02. The van der Waals surface area contributed by atoms with E-state index in [-0.39, 0.29) is 0 Å². The van der Waals surface area contributed by atoms with Gasteiger partial charge in [0.25, 0.3) is 0 Å². The van der Waals surface area contributed by atoms with E-state index in [0.29, 0.717) is 0 Å². The summed E-state index contributed by atoms with van der Waals surface area (Å²) in [6, 6.07) is 0. The van der Waals surface area contributed by atoms with Crippen LogP contribution in [-0.2, 0) is 0 Å². The molecule has 0 spiro atoms. The molecule has 0 aliphatic rings. The van der Waals surface area contributed by atoms with Crippen molar-refractivity contribution in [3.8, 4) is 0 Å². The van der Waals surface area contributed by atoms with Gasteiger partial charge in [-0.1, -0.05) is 27.7 Å². The van der Waals surface area contributed by atoms with Gasteiger partial charge in [-0.15, -0.1) is 8.58 Å².